The van der Waals surface area contributed by atoms with Crippen molar-refractivity contribution in [3.8, 4) is 17.2 Å². The number of benzene rings is 3. The van der Waals surface area contributed by atoms with Gasteiger partial charge in [-0.05, 0) is 72.4 Å². The summed E-state index contributed by atoms with van der Waals surface area (Å²) in [6, 6.07) is 15.4. The zero-order chi connectivity index (χ0) is 22.2. The Morgan fingerprint density at radius 3 is 2.66 bits per heavy atom. The van der Waals surface area contributed by atoms with Crippen molar-refractivity contribution in [2.45, 2.75) is 37.2 Å². The number of hydrogen-bond donors (Lipinski definition) is 0. The van der Waals surface area contributed by atoms with Crippen molar-refractivity contribution < 1.29 is 18.0 Å². The van der Waals surface area contributed by atoms with Gasteiger partial charge in [0.2, 0.25) is 0 Å². The van der Waals surface area contributed by atoms with Crippen LogP contribution in [0, 0.1) is 12.7 Å². The molecule has 166 valence electrons. The molecular weight excluding hydrogens is 425 g/mol. The molecule has 2 aliphatic heterocycles. The summed E-state index contributed by atoms with van der Waals surface area (Å²) >= 11 is 1.17. The SMILES string of the molecule is COc1ccc2c(c1)CCN1Cc3c(cc(C)c(OC)c3OSc3cccc(F)c3)CC21. The summed E-state index contributed by atoms with van der Waals surface area (Å²) in [6.07, 6.45) is 1.91. The van der Waals surface area contributed by atoms with Crippen LogP contribution in [0.3, 0.4) is 0 Å². The third kappa shape index (κ3) is 3.82. The van der Waals surface area contributed by atoms with Crippen molar-refractivity contribution in [3.05, 3.63) is 82.2 Å². The first-order chi connectivity index (χ1) is 15.6. The molecule has 3 aromatic rings. The Morgan fingerprint density at radius 1 is 1.00 bits per heavy atom. The van der Waals surface area contributed by atoms with Gasteiger partial charge in [-0.2, -0.15) is 0 Å². The van der Waals surface area contributed by atoms with Crippen molar-refractivity contribution >= 4 is 12.0 Å². The molecule has 0 aromatic heterocycles. The lowest BCUT2D eigenvalue weighted by Crippen LogP contribution is -2.39. The van der Waals surface area contributed by atoms with E-state index in [0.29, 0.717) is 6.04 Å². The van der Waals surface area contributed by atoms with E-state index in [2.05, 4.69) is 29.2 Å². The Labute approximate surface area is 192 Å². The molecule has 0 N–H and O–H groups in total. The molecular formula is C26H26FNO3S. The maximum absolute atomic E-state index is 13.6. The standard InChI is InChI=1S/C26H26FNO3S/c1-16-11-18-13-24-22-8-7-20(29-2)12-17(22)9-10-28(24)15-23(18)26(25(16)30-3)31-32-21-6-4-5-19(27)14-21/h4-8,11-12,14,24H,9-10,13,15H2,1-3H3. The van der Waals surface area contributed by atoms with E-state index in [1.807, 2.05) is 13.0 Å². The topological polar surface area (TPSA) is 30.9 Å². The van der Waals surface area contributed by atoms with Crippen LogP contribution in [0.25, 0.3) is 0 Å². The van der Waals surface area contributed by atoms with Crippen LogP contribution < -0.4 is 13.7 Å². The van der Waals surface area contributed by atoms with Crippen LogP contribution in [0.5, 0.6) is 17.2 Å². The van der Waals surface area contributed by atoms with Crippen molar-refractivity contribution in [1.29, 1.82) is 0 Å². The van der Waals surface area contributed by atoms with Gasteiger partial charge in [0.05, 0.1) is 31.2 Å². The summed E-state index contributed by atoms with van der Waals surface area (Å²) in [4.78, 5) is 3.24. The maximum Gasteiger partial charge on any atom is 0.184 e. The molecule has 0 saturated heterocycles. The number of hydrogen-bond acceptors (Lipinski definition) is 5. The second-order valence-electron chi connectivity index (χ2n) is 8.32. The van der Waals surface area contributed by atoms with Gasteiger partial charge < -0.3 is 13.7 Å². The fourth-order valence-corrected chi connectivity index (χ4v) is 5.54. The molecule has 2 aliphatic rings. The molecule has 32 heavy (non-hydrogen) atoms. The summed E-state index contributed by atoms with van der Waals surface area (Å²) in [6.45, 7) is 3.82. The minimum absolute atomic E-state index is 0.275. The molecule has 6 heteroatoms. The third-order valence-corrected chi connectivity index (χ3v) is 7.13. The highest BCUT2D eigenvalue weighted by molar-refractivity contribution is 7.95. The Hall–Kier alpha value is -2.70. The normalized spacial score (nSPS) is 17.2. The van der Waals surface area contributed by atoms with E-state index in [1.165, 1.54) is 40.9 Å². The fraction of sp³-hybridized carbons (Fsp3) is 0.308. The van der Waals surface area contributed by atoms with Gasteiger partial charge in [0, 0.05) is 24.7 Å². The highest BCUT2D eigenvalue weighted by atomic mass is 32.2. The van der Waals surface area contributed by atoms with Crippen molar-refractivity contribution in [2.75, 3.05) is 20.8 Å². The van der Waals surface area contributed by atoms with E-state index in [4.69, 9.17) is 13.7 Å². The van der Waals surface area contributed by atoms with E-state index in [9.17, 15) is 4.39 Å². The number of methoxy groups -OCH3 is 2. The highest BCUT2D eigenvalue weighted by Gasteiger charge is 2.35. The zero-order valence-corrected chi connectivity index (χ0v) is 19.3. The first-order valence-electron chi connectivity index (χ1n) is 10.8. The minimum atomic E-state index is -0.275. The first-order valence-corrected chi connectivity index (χ1v) is 11.5. The summed E-state index contributed by atoms with van der Waals surface area (Å²) in [5, 5.41) is 0. The Bertz CT molecular complexity index is 1170. The monoisotopic (exact) mass is 451 g/mol. The maximum atomic E-state index is 13.6. The Balaban J connectivity index is 1.49. The molecule has 0 radical (unpaired) electrons. The van der Waals surface area contributed by atoms with Gasteiger partial charge in [0.15, 0.2) is 11.5 Å². The van der Waals surface area contributed by atoms with Gasteiger partial charge in [0.25, 0.3) is 0 Å². The van der Waals surface area contributed by atoms with Crippen molar-refractivity contribution in [1.82, 2.24) is 4.90 Å². The molecule has 0 amide bonds. The highest BCUT2D eigenvalue weighted by Crippen LogP contribution is 2.47. The lowest BCUT2D eigenvalue weighted by molar-refractivity contribution is 0.159. The summed E-state index contributed by atoms with van der Waals surface area (Å²) < 4.78 is 31.0. The molecule has 2 heterocycles. The Kier molecular flexibility index (Phi) is 5.74. The lowest BCUT2D eigenvalue weighted by atomic mass is 9.83. The molecule has 4 nitrogen and oxygen atoms in total. The first kappa shape index (κ1) is 21.2. The molecule has 1 unspecified atom stereocenters. The van der Waals surface area contributed by atoms with Gasteiger partial charge in [-0.3, -0.25) is 4.90 Å². The molecule has 3 aromatic carbocycles. The van der Waals surface area contributed by atoms with Crippen LogP contribution in [0.4, 0.5) is 4.39 Å². The number of nitrogens with zero attached hydrogens (tertiary/aromatic N) is 1. The van der Waals surface area contributed by atoms with Gasteiger partial charge >= 0.3 is 0 Å². The smallest absolute Gasteiger partial charge is 0.184 e. The molecule has 0 aliphatic carbocycles. The lowest BCUT2D eigenvalue weighted by Gasteiger charge is -2.42. The summed E-state index contributed by atoms with van der Waals surface area (Å²) in [5.41, 5.74) is 6.23. The van der Waals surface area contributed by atoms with E-state index in [0.717, 1.165) is 59.2 Å². The minimum Gasteiger partial charge on any atom is -0.497 e. The number of halogens is 1. The van der Waals surface area contributed by atoms with E-state index >= 15 is 0 Å². The number of ether oxygens (including phenoxy) is 2. The average molecular weight is 452 g/mol. The predicted octanol–water partition coefficient (Wildman–Crippen LogP) is 5.89. The van der Waals surface area contributed by atoms with Gasteiger partial charge in [-0.25, -0.2) is 4.39 Å². The van der Waals surface area contributed by atoms with Gasteiger partial charge in [0.1, 0.15) is 11.6 Å². The molecule has 0 saturated carbocycles. The molecule has 0 fully saturated rings. The van der Waals surface area contributed by atoms with Gasteiger partial charge in [-0.15, -0.1) is 0 Å². The zero-order valence-electron chi connectivity index (χ0n) is 18.5. The van der Waals surface area contributed by atoms with E-state index < -0.39 is 0 Å². The molecule has 5 rings (SSSR count). The average Bonchev–Trinajstić information content (AvgIpc) is 2.80. The molecule has 0 bridgehead atoms. The Morgan fingerprint density at radius 2 is 1.88 bits per heavy atom. The van der Waals surface area contributed by atoms with Crippen molar-refractivity contribution in [2.24, 2.45) is 0 Å². The van der Waals surface area contributed by atoms with Crippen LogP contribution >= 0.6 is 12.0 Å². The van der Waals surface area contributed by atoms with Crippen LogP contribution in [-0.2, 0) is 19.4 Å². The van der Waals surface area contributed by atoms with E-state index in [1.54, 1.807) is 20.3 Å². The molecule has 1 atom stereocenters. The van der Waals surface area contributed by atoms with Crippen LogP contribution in [0.2, 0.25) is 0 Å². The second-order valence-corrected chi connectivity index (χ2v) is 9.13. The number of rotatable bonds is 5. The second kappa shape index (κ2) is 8.68. The van der Waals surface area contributed by atoms with Crippen molar-refractivity contribution in [3.63, 3.8) is 0 Å². The predicted molar refractivity (Wildman–Crippen MR) is 124 cm³/mol. The third-order valence-electron chi connectivity index (χ3n) is 6.43. The summed E-state index contributed by atoms with van der Waals surface area (Å²) in [7, 11) is 3.39. The van der Waals surface area contributed by atoms with Crippen LogP contribution in [-0.4, -0.2) is 25.7 Å². The largest absolute Gasteiger partial charge is 0.497 e. The number of fused-ring (bicyclic) bond motifs is 4. The quantitative estimate of drug-likeness (QED) is 0.451. The van der Waals surface area contributed by atoms with Gasteiger partial charge in [-0.1, -0.05) is 18.2 Å². The fourth-order valence-electron chi connectivity index (χ4n) is 4.89. The molecule has 0 spiro atoms. The van der Waals surface area contributed by atoms with Crippen LogP contribution in [0.1, 0.15) is 33.9 Å². The number of aryl methyl sites for hydroxylation is 1. The summed E-state index contributed by atoms with van der Waals surface area (Å²) in [5.74, 6) is 2.13. The van der Waals surface area contributed by atoms with E-state index in [-0.39, 0.29) is 5.82 Å². The van der Waals surface area contributed by atoms with Crippen LogP contribution in [0.15, 0.2) is 53.4 Å².